The monoisotopic (exact) mass is 304 g/mol. The van der Waals surface area contributed by atoms with Gasteiger partial charge in [-0.3, -0.25) is 4.79 Å². The van der Waals surface area contributed by atoms with Gasteiger partial charge in [0.25, 0.3) is 5.56 Å². The van der Waals surface area contributed by atoms with Gasteiger partial charge in [-0.2, -0.15) is 0 Å². The van der Waals surface area contributed by atoms with Gasteiger partial charge in [0.1, 0.15) is 5.56 Å². The van der Waals surface area contributed by atoms with Crippen LogP contribution in [0.4, 0.5) is 5.69 Å². The minimum Gasteiger partial charge on any atom is -0.462 e. The summed E-state index contributed by atoms with van der Waals surface area (Å²) in [5, 5.41) is 13.2. The maximum absolute atomic E-state index is 12.3. The van der Waals surface area contributed by atoms with Crippen LogP contribution in [0.15, 0.2) is 23.0 Å². The highest BCUT2D eigenvalue weighted by Gasteiger charge is 2.21. The number of H-pyrrole nitrogens is 1. The van der Waals surface area contributed by atoms with Crippen LogP contribution in [0, 0.1) is 6.92 Å². The molecule has 0 radical (unpaired) electrons. The number of aryl methyl sites for hydroxylation is 1. The topological polar surface area (TPSA) is 91.4 Å². The molecule has 0 aliphatic carbocycles. The van der Waals surface area contributed by atoms with Gasteiger partial charge in [0.2, 0.25) is 0 Å². The van der Waals surface area contributed by atoms with Crippen molar-refractivity contribution in [1.82, 2.24) is 4.98 Å². The number of hydrogen-bond acceptors (Lipinski definition) is 5. The number of carbonyl (C=O) groups excluding carboxylic acids is 1. The van der Waals surface area contributed by atoms with E-state index in [2.05, 4.69) is 10.3 Å². The summed E-state index contributed by atoms with van der Waals surface area (Å²) in [7, 11) is 0. The summed E-state index contributed by atoms with van der Waals surface area (Å²) in [6.07, 6.45) is -0.616. The number of aliphatic hydroxyl groups excluding tert-OH is 1. The predicted octanol–water partition coefficient (Wildman–Crippen LogP) is 1.81. The Morgan fingerprint density at radius 1 is 1.45 bits per heavy atom. The van der Waals surface area contributed by atoms with E-state index in [0.717, 1.165) is 5.56 Å². The minimum absolute atomic E-state index is 0.0689. The Labute approximate surface area is 128 Å². The number of carbonyl (C=O) groups is 1. The molecule has 6 nitrogen and oxygen atoms in total. The fourth-order valence-corrected chi connectivity index (χ4v) is 2.30. The average molecular weight is 304 g/mol. The lowest BCUT2D eigenvalue weighted by Crippen LogP contribution is -2.25. The molecule has 2 aromatic rings. The van der Waals surface area contributed by atoms with Gasteiger partial charge in [0, 0.05) is 11.9 Å². The third-order valence-electron chi connectivity index (χ3n) is 3.31. The zero-order valence-corrected chi connectivity index (χ0v) is 12.9. The molecule has 1 heterocycles. The van der Waals surface area contributed by atoms with Crippen molar-refractivity contribution in [3.8, 4) is 0 Å². The van der Waals surface area contributed by atoms with Gasteiger partial charge in [-0.25, -0.2) is 4.79 Å². The number of hydrogen-bond donors (Lipinski definition) is 3. The fraction of sp³-hybridized carbons (Fsp3) is 0.375. The number of pyridine rings is 1. The number of para-hydroxylation sites is 1. The van der Waals surface area contributed by atoms with Crippen molar-refractivity contribution >= 4 is 22.6 Å². The smallest absolute Gasteiger partial charge is 0.345 e. The fourth-order valence-electron chi connectivity index (χ4n) is 2.30. The molecule has 3 N–H and O–H groups in total. The Morgan fingerprint density at radius 3 is 2.82 bits per heavy atom. The number of rotatable bonds is 5. The molecule has 0 aliphatic heterocycles. The standard InChI is InChI=1S/C16H20N2O4/c1-4-22-16(21)12-14(17-8-10(3)19)11-7-5-6-9(2)13(11)18-15(12)20/h5-7,10,19H,4,8H2,1-3H3,(H2,17,18,20)/t10-/m1/s1. The second kappa shape index (κ2) is 6.62. The number of esters is 1. The Bertz CT molecular complexity index is 750. The number of ether oxygens (including phenoxy) is 1. The zero-order chi connectivity index (χ0) is 16.3. The number of aromatic nitrogens is 1. The quantitative estimate of drug-likeness (QED) is 0.733. The Kier molecular flexibility index (Phi) is 4.82. The molecule has 0 saturated heterocycles. The maximum Gasteiger partial charge on any atom is 0.345 e. The van der Waals surface area contributed by atoms with Crippen molar-refractivity contribution in [1.29, 1.82) is 0 Å². The van der Waals surface area contributed by atoms with Crippen molar-refractivity contribution in [3.05, 3.63) is 39.7 Å². The Balaban J connectivity index is 2.70. The predicted molar refractivity (Wildman–Crippen MR) is 85.4 cm³/mol. The largest absolute Gasteiger partial charge is 0.462 e. The van der Waals surface area contributed by atoms with Crippen molar-refractivity contribution in [3.63, 3.8) is 0 Å². The zero-order valence-electron chi connectivity index (χ0n) is 12.9. The first-order chi connectivity index (χ1) is 10.5. The van der Waals surface area contributed by atoms with Gasteiger partial charge in [0.15, 0.2) is 0 Å². The summed E-state index contributed by atoms with van der Waals surface area (Å²) in [6.45, 7) is 5.58. The van der Waals surface area contributed by atoms with Crippen LogP contribution in [0.5, 0.6) is 0 Å². The molecule has 1 atom stereocenters. The highest BCUT2D eigenvalue weighted by molar-refractivity contribution is 6.05. The maximum atomic E-state index is 12.3. The number of aliphatic hydroxyl groups is 1. The van der Waals surface area contributed by atoms with Crippen LogP contribution in [0.3, 0.4) is 0 Å². The van der Waals surface area contributed by atoms with Gasteiger partial charge in [-0.15, -0.1) is 0 Å². The summed E-state index contributed by atoms with van der Waals surface area (Å²) in [5.41, 5.74) is 1.37. The van der Waals surface area contributed by atoms with E-state index < -0.39 is 17.6 Å². The average Bonchev–Trinajstić information content (AvgIpc) is 2.45. The SMILES string of the molecule is CCOC(=O)c1c(NC[C@@H](C)O)c2cccc(C)c2[nH]c1=O. The van der Waals surface area contributed by atoms with Crippen molar-refractivity contribution in [2.45, 2.75) is 26.9 Å². The van der Waals surface area contributed by atoms with E-state index in [4.69, 9.17) is 4.74 Å². The number of aromatic amines is 1. The molecule has 0 bridgehead atoms. The van der Waals surface area contributed by atoms with Crippen LogP contribution in [-0.2, 0) is 4.74 Å². The van der Waals surface area contributed by atoms with E-state index in [1.54, 1.807) is 13.8 Å². The van der Waals surface area contributed by atoms with E-state index >= 15 is 0 Å². The Hall–Kier alpha value is -2.34. The Morgan fingerprint density at radius 2 is 2.18 bits per heavy atom. The third kappa shape index (κ3) is 3.12. The normalized spacial score (nSPS) is 12.2. The van der Waals surface area contributed by atoms with Crippen LogP contribution in [-0.4, -0.2) is 35.3 Å². The first-order valence-electron chi connectivity index (χ1n) is 7.20. The van der Waals surface area contributed by atoms with E-state index in [0.29, 0.717) is 16.6 Å². The molecule has 0 spiro atoms. The van der Waals surface area contributed by atoms with E-state index in [-0.39, 0.29) is 18.7 Å². The van der Waals surface area contributed by atoms with Crippen LogP contribution >= 0.6 is 0 Å². The molecule has 1 aromatic heterocycles. The van der Waals surface area contributed by atoms with Crippen LogP contribution < -0.4 is 10.9 Å². The van der Waals surface area contributed by atoms with Gasteiger partial charge in [-0.05, 0) is 26.3 Å². The van der Waals surface area contributed by atoms with Crippen molar-refractivity contribution < 1.29 is 14.6 Å². The number of benzene rings is 1. The number of nitrogens with one attached hydrogen (secondary N) is 2. The van der Waals surface area contributed by atoms with Gasteiger partial charge >= 0.3 is 5.97 Å². The third-order valence-corrected chi connectivity index (χ3v) is 3.31. The summed E-state index contributed by atoms with van der Waals surface area (Å²) in [5.74, 6) is -0.680. The number of anilines is 1. The second-order valence-corrected chi connectivity index (χ2v) is 5.15. The van der Waals surface area contributed by atoms with E-state index in [1.165, 1.54) is 0 Å². The second-order valence-electron chi connectivity index (χ2n) is 5.15. The van der Waals surface area contributed by atoms with Crippen LogP contribution in [0.1, 0.15) is 29.8 Å². The van der Waals surface area contributed by atoms with Crippen molar-refractivity contribution in [2.24, 2.45) is 0 Å². The van der Waals surface area contributed by atoms with Gasteiger partial charge < -0.3 is 20.1 Å². The highest BCUT2D eigenvalue weighted by Crippen LogP contribution is 2.26. The first-order valence-corrected chi connectivity index (χ1v) is 7.20. The molecule has 118 valence electrons. The molecule has 22 heavy (non-hydrogen) atoms. The van der Waals surface area contributed by atoms with Crippen LogP contribution in [0.2, 0.25) is 0 Å². The van der Waals surface area contributed by atoms with Gasteiger partial charge in [-0.1, -0.05) is 18.2 Å². The molecule has 1 aromatic carbocycles. The first kappa shape index (κ1) is 16.0. The summed E-state index contributed by atoms with van der Waals surface area (Å²) in [6, 6.07) is 5.53. The molecule has 0 amide bonds. The van der Waals surface area contributed by atoms with E-state index in [9.17, 15) is 14.7 Å². The lowest BCUT2D eigenvalue weighted by Gasteiger charge is -2.15. The molecule has 0 aliphatic rings. The summed E-state index contributed by atoms with van der Waals surface area (Å²) >= 11 is 0. The lowest BCUT2D eigenvalue weighted by atomic mass is 10.1. The minimum atomic E-state index is -0.680. The van der Waals surface area contributed by atoms with E-state index in [1.807, 2.05) is 25.1 Å². The molecular weight excluding hydrogens is 284 g/mol. The number of fused-ring (bicyclic) bond motifs is 1. The molecule has 0 fully saturated rings. The molecule has 6 heteroatoms. The van der Waals surface area contributed by atoms with Crippen molar-refractivity contribution in [2.75, 3.05) is 18.5 Å². The lowest BCUT2D eigenvalue weighted by molar-refractivity contribution is 0.0525. The molecule has 0 unspecified atom stereocenters. The molecule has 0 saturated carbocycles. The summed E-state index contributed by atoms with van der Waals surface area (Å²) in [4.78, 5) is 27.2. The summed E-state index contributed by atoms with van der Waals surface area (Å²) < 4.78 is 4.97. The highest BCUT2D eigenvalue weighted by atomic mass is 16.5. The molecule has 2 rings (SSSR count). The molecular formula is C16H20N2O4. The van der Waals surface area contributed by atoms with Crippen LogP contribution in [0.25, 0.3) is 10.9 Å². The van der Waals surface area contributed by atoms with Gasteiger partial charge in [0.05, 0.1) is 23.9 Å².